The van der Waals surface area contributed by atoms with Gasteiger partial charge in [0, 0.05) is 26.8 Å². The molecule has 1 aliphatic rings. The molecular weight excluding hydrogens is 396 g/mol. The van der Waals surface area contributed by atoms with Gasteiger partial charge in [-0.2, -0.15) is 4.57 Å². The maximum Gasteiger partial charge on any atom is 0.304 e. The van der Waals surface area contributed by atoms with Gasteiger partial charge < -0.3 is 37.1 Å². The number of carbonyl (C=O) groups is 4. The highest BCUT2D eigenvalue weighted by molar-refractivity contribution is 5.92. The Labute approximate surface area is 167 Å². The molecule has 0 aliphatic carbocycles. The van der Waals surface area contributed by atoms with Gasteiger partial charge >= 0.3 is 24.1 Å². The second-order valence-corrected chi connectivity index (χ2v) is 5.92. The number of carbonyl (C=O) groups excluding carboxylic acids is 4. The van der Waals surface area contributed by atoms with Crippen LogP contribution >= 0.6 is 0 Å². The highest BCUT2D eigenvalue weighted by Crippen LogP contribution is 2.31. The summed E-state index contributed by atoms with van der Waals surface area (Å²) in [4.78, 5) is 45.6. The first-order valence-corrected chi connectivity index (χ1v) is 8.13. The summed E-state index contributed by atoms with van der Waals surface area (Å²) in [6.45, 7) is 3.41. The minimum absolute atomic E-state index is 0. The molecule has 2 rings (SSSR count). The number of hydrogen-bond donors (Lipinski definition) is 1. The van der Waals surface area contributed by atoms with Gasteiger partial charge in [-0.25, -0.2) is 0 Å². The number of primary amides is 1. The molecule has 154 valence electrons. The molecule has 10 nitrogen and oxygen atoms in total. The Kier molecular flexibility index (Phi) is 8.33. The third kappa shape index (κ3) is 5.89. The quantitative estimate of drug-likeness (QED) is 0.285. The molecule has 0 bridgehead atoms. The maximum absolute atomic E-state index is 11.6. The van der Waals surface area contributed by atoms with Gasteiger partial charge in [0.05, 0.1) is 0 Å². The van der Waals surface area contributed by atoms with Crippen molar-refractivity contribution in [2.45, 2.75) is 45.3 Å². The third-order valence-electron chi connectivity index (χ3n) is 3.74. The number of halogens is 1. The van der Waals surface area contributed by atoms with Gasteiger partial charge in [0.1, 0.15) is 18.3 Å². The second-order valence-electron chi connectivity index (χ2n) is 5.92. The van der Waals surface area contributed by atoms with E-state index in [-0.39, 0.29) is 24.6 Å². The number of hydrogen-bond acceptors (Lipinski definition) is 8. The normalized spacial score (nSPS) is 23.2. The number of pyridine rings is 1. The number of esters is 3. The Morgan fingerprint density at radius 3 is 2.21 bits per heavy atom. The maximum atomic E-state index is 11.6. The Hall–Kier alpha value is -2.72. The second kappa shape index (κ2) is 10.00. The molecule has 1 aliphatic heterocycles. The predicted molar refractivity (Wildman–Crippen MR) is 86.8 cm³/mol. The summed E-state index contributed by atoms with van der Waals surface area (Å²) in [5.74, 6) is -2.44. The Morgan fingerprint density at radius 1 is 1.07 bits per heavy atom. The van der Waals surface area contributed by atoms with Crippen LogP contribution in [-0.2, 0) is 33.3 Å². The lowest BCUT2D eigenvalue weighted by molar-refractivity contribution is -0.765. The molecule has 0 saturated carbocycles. The first-order chi connectivity index (χ1) is 12.7. The predicted octanol–water partition coefficient (Wildman–Crippen LogP) is -3.60. The molecule has 0 spiro atoms. The number of ether oxygens (including phenoxy) is 4. The first kappa shape index (κ1) is 23.3. The zero-order chi connectivity index (χ0) is 20.1. The molecule has 28 heavy (non-hydrogen) atoms. The standard InChI is InChI=1S/C17H20N2O8.ClH/c1-9(20)24-8-13-14(25-10(2)21)15(26-11(3)22)17(27-13)19-6-4-5-12(7-19)16(18)23;/h4-7,13-15,17H,8H2,1-3H3,(H-,18,23);1H/t13-,14-,15-,17-;/m1./s1. The summed E-state index contributed by atoms with van der Waals surface area (Å²) >= 11 is 0. The number of aromatic nitrogens is 1. The van der Waals surface area contributed by atoms with E-state index in [9.17, 15) is 19.2 Å². The average molecular weight is 417 g/mol. The van der Waals surface area contributed by atoms with E-state index in [0.29, 0.717) is 0 Å². The van der Waals surface area contributed by atoms with Crippen molar-refractivity contribution >= 4 is 23.8 Å². The van der Waals surface area contributed by atoms with Crippen molar-refractivity contribution in [1.29, 1.82) is 0 Å². The molecule has 0 radical (unpaired) electrons. The van der Waals surface area contributed by atoms with Crippen LogP contribution in [0.4, 0.5) is 0 Å². The van der Waals surface area contributed by atoms with Crippen LogP contribution in [0.2, 0.25) is 0 Å². The molecule has 11 heteroatoms. The minimum atomic E-state index is -1.03. The van der Waals surface area contributed by atoms with E-state index in [2.05, 4.69) is 0 Å². The van der Waals surface area contributed by atoms with Crippen LogP contribution in [0.3, 0.4) is 0 Å². The first-order valence-electron chi connectivity index (χ1n) is 8.13. The van der Waals surface area contributed by atoms with Gasteiger partial charge in [-0.15, -0.1) is 0 Å². The molecule has 0 aromatic carbocycles. The molecule has 4 atom stereocenters. The lowest BCUT2D eigenvalue weighted by Crippen LogP contribution is -3.00. The smallest absolute Gasteiger partial charge is 0.304 e. The molecular formula is C17H21ClN2O8. The van der Waals surface area contributed by atoms with Crippen LogP contribution in [0.15, 0.2) is 24.5 Å². The fraction of sp³-hybridized carbons (Fsp3) is 0.471. The van der Waals surface area contributed by atoms with E-state index >= 15 is 0 Å². The van der Waals surface area contributed by atoms with E-state index < -0.39 is 48.4 Å². The summed E-state index contributed by atoms with van der Waals surface area (Å²) in [5, 5.41) is 0. The van der Waals surface area contributed by atoms with Gasteiger partial charge in [-0.1, -0.05) is 0 Å². The highest BCUT2D eigenvalue weighted by atomic mass is 35.5. The van der Waals surface area contributed by atoms with Crippen molar-refractivity contribution in [1.82, 2.24) is 0 Å². The van der Waals surface area contributed by atoms with Crippen molar-refractivity contribution in [3.05, 3.63) is 30.1 Å². The molecule has 1 aromatic rings. The zero-order valence-corrected chi connectivity index (χ0v) is 16.3. The number of rotatable bonds is 6. The summed E-state index contributed by atoms with van der Waals surface area (Å²) in [6, 6.07) is 3.07. The number of nitrogens with two attached hydrogens (primary N) is 1. The SMILES string of the molecule is CC(=O)OC[C@H]1O[C@@H]([n+]2cccc(C(N)=O)c2)[C@H](OC(C)=O)[C@@H]1OC(C)=O.[Cl-]. The lowest BCUT2D eigenvalue weighted by atomic mass is 10.1. The Morgan fingerprint density at radius 2 is 1.68 bits per heavy atom. The average Bonchev–Trinajstić information content (AvgIpc) is 2.89. The van der Waals surface area contributed by atoms with Gasteiger partial charge in [0.15, 0.2) is 18.5 Å². The molecule has 0 unspecified atom stereocenters. The summed E-state index contributed by atoms with van der Waals surface area (Å²) in [5.41, 5.74) is 5.50. The van der Waals surface area contributed by atoms with Crippen molar-refractivity contribution in [2.75, 3.05) is 6.61 Å². The van der Waals surface area contributed by atoms with Crippen LogP contribution in [0.5, 0.6) is 0 Å². The fourth-order valence-electron chi connectivity index (χ4n) is 2.73. The van der Waals surface area contributed by atoms with E-state index in [0.717, 1.165) is 0 Å². The molecule has 2 heterocycles. The largest absolute Gasteiger partial charge is 1.00 e. The van der Waals surface area contributed by atoms with Gasteiger partial charge in [-0.3, -0.25) is 19.2 Å². The van der Waals surface area contributed by atoms with E-state index in [1.54, 1.807) is 12.3 Å². The topological polar surface area (TPSA) is 135 Å². The molecule has 2 N–H and O–H groups in total. The number of amides is 1. The van der Waals surface area contributed by atoms with Crippen LogP contribution < -0.4 is 22.7 Å². The van der Waals surface area contributed by atoms with E-state index in [4.69, 9.17) is 24.7 Å². The summed E-state index contributed by atoms with van der Waals surface area (Å²) in [7, 11) is 0. The Bertz CT molecular complexity index is 756. The van der Waals surface area contributed by atoms with Crippen LogP contribution in [0.25, 0.3) is 0 Å². The van der Waals surface area contributed by atoms with E-state index in [1.807, 2.05) is 0 Å². The highest BCUT2D eigenvalue weighted by Gasteiger charge is 2.54. The molecule has 1 fully saturated rings. The van der Waals surface area contributed by atoms with Crippen LogP contribution in [0, 0.1) is 0 Å². The lowest BCUT2D eigenvalue weighted by Gasteiger charge is -2.21. The van der Waals surface area contributed by atoms with Gasteiger partial charge in [-0.05, 0) is 6.07 Å². The van der Waals surface area contributed by atoms with Gasteiger partial charge in [0.2, 0.25) is 6.10 Å². The molecule has 1 saturated heterocycles. The van der Waals surface area contributed by atoms with Crippen molar-refractivity contribution in [3.63, 3.8) is 0 Å². The third-order valence-corrected chi connectivity index (χ3v) is 3.74. The van der Waals surface area contributed by atoms with Gasteiger partial charge in [0.25, 0.3) is 5.91 Å². The van der Waals surface area contributed by atoms with Crippen molar-refractivity contribution in [2.24, 2.45) is 5.73 Å². The minimum Gasteiger partial charge on any atom is -1.00 e. The van der Waals surface area contributed by atoms with Crippen LogP contribution in [-0.4, -0.2) is 48.7 Å². The summed E-state index contributed by atoms with van der Waals surface area (Å²) in [6.07, 6.45) is -0.856. The summed E-state index contributed by atoms with van der Waals surface area (Å²) < 4.78 is 22.8. The monoisotopic (exact) mass is 416 g/mol. The zero-order valence-electron chi connectivity index (χ0n) is 15.5. The number of nitrogens with zero attached hydrogens (tertiary/aromatic N) is 1. The van der Waals surface area contributed by atoms with Crippen molar-refractivity contribution in [3.8, 4) is 0 Å². The van der Waals surface area contributed by atoms with E-state index in [1.165, 1.54) is 37.6 Å². The van der Waals surface area contributed by atoms with Crippen molar-refractivity contribution < 1.29 is 55.1 Å². The van der Waals surface area contributed by atoms with Crippen LogP contribution in [0.1, 0.15) is 37.4 Å². The molecule has 1 amide bonds. The Balaban J connectivity index is 0.00000392. The molecule has 1 aromatic heterocycles. The fourth-order valence-corrected chi connectivity index (χ4v) is 2.73.